The summed E-state index contributed by atoms with van der Waals surface area (Å²) in [5, 5.41) is 0. The fourth-order valence-corrected chi connectivity index (χ4v) is 2.02. The molecular weight excluding hydrogens is 260 g/mol. The maximum Gasteiger partial charge on any atom is 0.168 e. The van der Waals surface area contributed by atoms with Crippen molar-refractivity contribution in [2.24, 2.45) is 0 Å². The van der Waals surface area contributed by atoms with E-state index in [2.05, 4.69) is 18.7 Å². The Labute approximate surface area is 126 Å². The smallest absolute Gasteiger partial charge is 0.168 e. The highest BCUT2D eigenvalue weighted by molar-refractivity contribution is 5.43. The van der Waals surface area contributed by atoms with Crippen LogP contribution in [0.1, 0.15) is 11.1 Å². The highest BCUT2D eigenvalue weighted by Crippen LogP contribution is 2.28. The van der Waals surface area contributed by atoms with Gasteiger partial charge in [0.1, 0.15) is 0 Å². The van der Waals surface area contributed by atoms with Crippen LogP contribution >= 0.6 is 0 Å². The van der Waals surface area contributed by atoms with Crippen LogP contribution in [-0.4, -0.2) is 7.11 Å². The predicted octanol–water partition coefficient (Wildman–Crippen LogP) is 4.56. The van der Waals surface area contributed by atoms with E-state index in [1.807, 2.05) is 48.6 Å². The standard InChI is InChI=1S/C19H20O2/c1-3-8-17-12-13-18(19(15-17)20-2)21-14-7-11-16-9-5-4-6-10-16/h3-7,9-10,12-15H,1,8,11H2,2H3. The van der Waals surface area contributed by atoms with Gasteiger partial charge in [-0.25, -0.2) is 0 Å². The summed E-state index contributed by atoms with van der Waals surface area (Å²) in [6.45, 7) is 3.74. The molecule has 0 aromatic heterocycles. The maximum atomic E-state index is 5.65. The fourth-order valence-electron chi connectivity index (χ4n) is 2.02. The van der Waals surface area contributed by atoms with Crippen molar-refractivity contribution in [3.05, 3.63) is 84.7 Å². The van der Waals surface area contributed by atoms with Crippen molar-refractivity contribution in [2.45, 2.75) is 12.8 Å². The molecule has 2 rings (SSSR count). The number of methoxy groups -OCH3 is 1. The molecule has 0 fully saturated rings. The van der Waals surface area contributed by atoms with Gasteiger partial charge in [0, 0.05) is 0 Å². The highest BCUT2D eigenvalue weighted by Gasteiger charge is 2.04. The second-order valence-electron chi connectivity index (χ2n) is 4.66. The second kappa shape index (κ2) is 7.95. The Morgan fingerprint density at radius 2 is 1.76 bits per heavy atom. The van der Waals surface area contributed by atoms with E-state index in [9.17, 15) is 0 Å². The van der Waals surface area contributed by atoms with Gasteiger partial charge in [-0.1, -0.05) is 42.5 Å². The predicted molar refractivity (Wildman–Crippen MR) is 86.8 cm³/mol. The summed E-state index contributed by atoms with van der Waals surface area (Å²) in [5.74, 6) is 1.45. The monoisotopic (exact) mass is 280 g/mol. The topological polar surface area (TPSA) is 18.5 Å². The number of rotatable bonds is 7. The van der Waals surface area contributed by atoms with E-state index in [4.69, 9.17) is 9.47 Å². The Morgan fingerprint density at radius 3 is 2.48 bits per heavy atom. The summed E-state index contributed by atoms with van der Waals surface area (Å²) in [4.78, 5) is 0. The van der Waals surface area contributed by atoms with Crippen LogP contribution in [0.15, 0.2) is 73.5 Å². The number of hydrogen-bond donors (Lipinski definition) is 0. The van der Waals surface area contributed by atoms with Crippen molar-refractivity contribution in [2.75, 3.05) is 7.11 Å². The van der Waals surface area contributed by atoms with Gasteiger partial charge in [0.05, 0.1) is 13.4 Å². The van der Waals surface area contributed by atoms with Crippen LogP contribution in [0.2, 0.25) is 0 Å². The van der Waals surface area contributed by atoms with Crippen LogP contribution in [0.3, 0.4) is 0 Å². The van der Waals surface area contributed by atoms with Crippen molar-refractivity contribution in [1.29, 1.82) is 0 Å². The largest absolute Gasteiger partial charge is 0.493 e. The third-order valence-electron chi connectivity index (χ3n) is 3.10. The van der Waals surface area contributed by atoms with Gasteiger partial charge in [-0.2, -0.15) is 0 Å². The van der Waals surface area contributed by atoms with Gasteiger partial charge in [-0.05, 0) is 42.2 Å². The van der Waals surface area contributed by atoms with Crippen molar-refractivity contribution < 1.29 is 9.47 Å². The zero-order chi connectivity index (χ0) is 14.9. The molecule has 0 heterocycles. The van der Waals surface area contributed by atoms with Gasteiger partial charge in [0.25, 0.3) is 0 Å². The van der Waals surface area contributed by atoms with E-state index in [0.717, 1.165) is 29.9 Å². The lowest BCUT2D eigenvalue weighted by Crippen LogP contribution is -1.92. The van der Waals surface area contributed by atoms with E-state index in [1.165, 1.54) is 5.56 Å². The first-order valence-corrected chi connectivity index (χ1v) is 6.97. The lowest BCUT2D eigenvalue weighted by Gasteiger charge is -2.09. The van der Waals surface area contributed by atoms with Crippen molar-refractivity contribution in [3.8, 4) is 11.5 Å². The third-order valence-corrected chi connectivity index (χ3v) is 3.10. The molecule has 108 valence electrons. The van der Waals surface area contributed by atoms with Gasteiger partial charge < -0.3 is 9.47 Å². The Kier molecular flexibility index (Phi) is 5.65. The molecule has 2 aromatic rings. The van der Waals surface area contributed by atoms with E-state index in [-0.39, 0.29) is 0 Å². The van der Waals surface area contributed by atoms with Crippen molar-refractivity contribution in [3.63, 3.8) is 0 Å². The lowest BCUT2D eigenvalue weighted by atomic mass is 10.1. The summed E-state index contributed by atoms with van der Waals surface area (Å²) < 4.78 is 11.0. The molecule has 2 nitrogen and oxygen atoms in total. The Bertz CT molecular complexity index is 600. The third kappa shape index (κ3) is 4.53. The zero-order valence-electron chi connectivity index (χ0n) is 12.3. The second-order valence-corrected chi connectivity index (χ2v) is 4.66. The molecule has 0 N–H and O–H groups in total. The normalized spacial score (nSPS) is 10.5. The van der Waals surface area contributed by atoms with Crippen LogP contribution in [0, 0.1) is 0 Å². The number of allylic oxidation sites excluding steroid dienone is 2. The van der Waals surface area contributed by atoms with Crippen LogP contribution in [0.5, 0.6) is 11.5 Å². The molecule has 2 heteroatoms. The van der Waals surface area contributed by atoms with Gasteiger partial charge in [0.15, 0.2) is 11.5 Å². The molecule has 2 aromatic carbocycles. The zero-order valence-corrected chi connectivity index (χ0v) is 12.3. The summed E-state index contributed by atoms with van der Waals surface area (Å²) in [6.07, 6.45) is 7.23. The minimum Gasteiger partial charge on any atom is -0.493 e. The summed E-state index contributed by atoms with van der Waals surface area (Å²) in [7, 11) is 1.65. The van der Waals surface area contributed by atoms with Crippen LogP contribution in [0.4, 0.5) is 0 Å². The van der Waals surface area contributed by atoms with Crippen LogP contribution in [0.25, 0.3) is 0 Å². The molecule has 21 heavy (non-hydrogen) atoms. The number of benzene rings is 2. The van der Waals surface area contributed by atoms with Crippen molar-refractivity contribution >= 4 is 0 Å². The minimum absolute atomic E-state index is 0.717. The Balaban J connectivity index is 1.97. The Hall–Kier alpha value is -2.48. The SMILES string of the molecule is C=CCc1ccc(OC=CCc2ccccc2)c(OC)c1. The summed E-state index contributed by atoms with van der Waals surface area (Å²) in [5.41, 5.74) is 2.41. The molecular formula is C19H20O2. The fraction of sp³-hybridized carbons (Fsp3) is 0.158. The molecule has 0 unspecified atom stereocenters. The molecule has 0 radical (unpaired) electrons. The quantitative estimate of drug-likeness (QED) is 0.547. The van der Waals surface area contributed by atoms with E-state index in [0.29, 0.717) is 0 Å². The number of ether oxygens (including phenoxy) is 2. The molecule has 0 saturated heterocycles. The van der Waals surface area contributed by atoms with Crippen LogP contribution in [-0.2, 0) is 12.8 Å². The Morgan fingerprint density at radius 1 is 0.952 bits per heavy atom. The van der Waals surface area contributed by atoms with Crippen molar-refractivity contribution in [1.82, 2.24) is 0 Å². The first-order valence-electron chi connectivity index (χ1n) is 6.97. The maximum absolute atomic E-state index is 5.65. The van der Waals surface area contributed by atoms with Crippen LogP contribution < -0.4 is 9.47 Å². The number of hydrogen-bond acceptors (Lipinski definition) is 2. The highest BCUT2D eigenvalue weighted by atomic mass is 16.5. The molecule has 0 spiro atoms. The first kappa shape index (κ1) is 14.9. The van der Waals surface area contributed by atoms with Gasteiger partial charge in [-0.15, -0.1) is 6.58 Å². The summed E-state index contributed by atoms with van der Waals surface area (Å²) >= 11 is 0. The van der Waals surface area contributed by atoms with Gasteiger partial charge >= 0.3 is 0 Å². The van der Waals surface area contributed by atoms with E-state index in [1.54, 1.807) is 13.4 Å². The van der Waals surface area contributed by atoms with Gasteiger partial charge in [0.2, 0.25) is 0 Å². The molecule has 0 aliphatic carbocycles. The van der Waals surface area contributed by atoms with E-state index < -0.39 is 0 Å². The average molecular weight is 280 g/mol. The minimum atomic E-state index is 0.717. The first-order chi connectivity index (χ1) is 10.3. The molecule has 0 bridgehead atoms. The molecule has 0 aliphatic rings. The molecule has 0 atom stereocenters. The average Bonchev–Trinajstić information content (AvgIpc) is 2.53. The van der Waals surface area contributed by atoms with E-state index >= 15 is 0 Å². The summed E-state index contributed by atoms with van der Waals surface area (Å²) in [6, 6.07) is 16.2. The molecule has 0 aliphatic heterocycles. The van der Waals surface area contributed by atoms with Gasteiger partial charge in [-0.3, -0.25) is 0 Å². The molecule has 0 amide bonds. The molecule has 0 saturated carbocycles. The lowest BCUT2D eigenvalue weighted by molar-refractivity contribution is 0.377.